The lowest BCUT2D eigenvalue weighted by atomic mass is 10.0. The number of quaternary nitrogens is 2. The number of hydrogen-bond donors (Lipinski definition) is 4. The van der Waals surface area contributed by atoms with E-state index in [0.29, 0.717) is 67.0 Å². The molecule has 0 rings (SSSR count). The summed E-state index contributed by atoms with van der Waals surface area (Å²) in [6.07, 6.45) is 14.3. The molecule has 0 aliphatic heterocycles. The van der Waals surface area contributed by atoms with Crippen molar-refractivity contribution in [1.82, 2.24) is 5.32 Å². The lowest BCUT2D eigenvalue weighted by molar-refractivity contribution is -0.883. The molecule has 0 heterocycles. The van der Waals surface area contributed by atoms with E-state index in [-0.39, 0.29) is 24.8 Å². The second kappa shape index (κ2) is 24.1. The van der Waals surface area contributed by atoms with Crippen LogP contribution in [0.1, 0.15) is 122 Å². The SMILES string of the molecule is C[N+](C)(CCCCC(=O)CCCCCCCCC(CCCCCCCC(=O)NCCC[N+](C)(C)CC(=O)O)S(=O)(=O)O)CC(=O)O. The molecule has 1 atom stereocenters. The predicted molar refractivity (Wildman–Crippen MR) is 180 cm³/mol. The second-order valence-electron chi connectivity index (χ2n) is 14.2. The Bertz CT molecular complexity index is 1000. The first-order valence-electron chi connectivity index (χ1n) is 17.3. The van der Waals surface area contributed by atoms with E-state index in [1.807, 2.05) is 28.2 Å². The van der Waals surface area contributed by atoms with E-state index in [1.54, 1.807) is 0 Å². The summed E-state index contributed by atoms with van der Waals surface area (Å²) in [5.41, 5.74) is 0. The Morgan fingerprint density at radius 3 is 1.43 bits per heavy atom. The maximum absolute atomic E-state index is 12.1. The van der Waals surface area contributed by atoms with Gasteiger partial charge in [-0.2, -0.15) is 8.42 Å². The molecule has 0 aromatic rings. The van der Waals surface area contributed by atoms with E-state index in [2.05, 4.69) is 5.32 Å². The normalized spacial score (nSPS) is 13.0. The minimum absolute atomic E-state index is 0.00878. The van der Waals surface area contributed by atoms with Crippen molar-refractivity contribution in [3.05, 3.63) is 0 Å². The van der Waals surface area contributed by atoms with Crippen molar-refractivity contribution in [3.63, 3.8) is 0 Å². The molecule has 13 heteroatoms. The zero-order valence-corrected chi connectivity index (χ0v) is 30.0. The van der Waals surface area contributed by atoms with Gasteiger partial charge in [0.15, 0.2) is 13.1 Å². The van der Waals surface area contributed by atoms with Crippen molar-refractivity contribution in [3.8, 4) is 0 Å². The monoisotopic (exact) mass is 679 g/mol. The van der Waals surface area contributed by atoms with E-state index in [4.69, 9.17) is 10.2 Å². The number of carboxylic acid groups (broad SMARTS) is 2. The molecular weight excluding hydrogens is 614 g/mol. The highest BCUT2D eigenvalue weighted by molar-refractivity contribution is 7.86. The third-order valence-electron chi connectivity index (χ3n) is 8.44. The van der Waals surface area contributed by atoms with E-state index in [1.165, 1.54) is 0 Å². The van der Waals surface area contributed by atoms with Gasteiger partial charge in [-0.3, -0.25) is 14.1 Å². The van der Waals surface area contributed by atoms with E-state index < -0.39 is 27.3 Å². The van der Waals surface area contributed by atoms with Crippen LogP contribution in [0.3, 0.4) is 0 Å². The molecule has 12 nitrogen and oxygen atoms in total. The van der Waals surface area contributed by atoms with Gasteiger partial charge in [0.2, 0.25) is 5.91 Å². The summed E-state index contributed by atoms with van der Waals surface area (Å²) in [5, 5.41) is 20.0. The zero-order valence-electron chi connectivity index (χ0n) is 29.1. The number of rotatable bonds is 31. The van der Waals surface area contributed by atoms with Crippen LogP contribution in [0.4, 0.5) is 0 Å². The Kier molecular flexibility index (Phi) is 23.0. The quantitative estimate of drug-likeness (QED) is 0.0461. The fourth-order valence-electron chi connectivity index (χ4n) is 5.73. The molecule has 0 saturated heterocycles. The number of unbranched alkanes of at least 4 members (excludes halogenated alkanes) is 10. The zero-order chi connectivity index (χ0) is 35.1. The van der Waals surface area contributed by atoms with Gasteiger partial charge < -0.3 is 24.5 Å². The fourth-order valence-corrected chi connectivity index (χ4v) is 6.66. The molecule has 1 unspecified atom stereocenters. The highest BCUT2D eigenvalue weighted by Gasteiger charge is 2.22. The molecule has 0 aliphatic carbocycles. The lowest BCUT2D eigenvalue weighted by Gasteiger charge is -2.27. The first-order chi connectivity index (χ1) is 21.4. The minimum Gasteiger partial charge on any atom is -0.477 e. The van der Waals surface area contributed by atoms with Crippen LogP contribution in [-0.2, 0) is 29.3 Å². The predicted octanol–water partition coefficient (Wildman–Crippen LogP) is 4.66. The number of hydrogen-bond acceptors (Lipinski definition) is 6. The van der Waals surface area contributed by atoms with Gasteiger partial charge >= 0.3 is 11.9 Å². The molecule has 0 aliphatic rings. The first-order valence-corrected chi connectivity index (χ1v) is 18.8. The molecule has 0 spiro atoms. The summed E-state index contributed by atoms with van der Waals surface area (Å²) in [6.45, 7) is 2.06. The number of aliphatic carboxylic acids is 2. The summed E-state index contributed by atoms with van der Waals surface area (Å²) < 4.78 is 34.2. The maximum Gasteiger partial charge on any atom is 0.359 e. The highest BCUT2D eigenvalue weighted by atomic mass is 32.2. The Morgan fingerprint density at radius 2 is 0.978 bits per heavy atom. The van der Waals surface area contributed by atoms with Crippen LogP contribution in [-0.4, -0.2) is 122 Å². The van der Waals surface area contributed by atoms with Crippen molar-refractivity contribution >= 4 is 33.7 Å². The van der Waals surface area contributed by atoms with E-state index in [9.17, 15) is 32.1 Å². The molecule has 0 fully saturated rings. The van der Waals surface area contributed by atoms with Crippen LogP contribution in [0.2, 0.25) is 0 Å². The van der Waals surface area contributed by atoms with Gasteiger partial charge in [-0.1, -0.05) is 57.8 Å². The van der Waals surface area contributed by atoms with Crippen LogP contribution < -0.4 is 5.32 Å². The van der Waals surface area contributed by atoms with Crippen LogP contribution in [0.15, 0.2) is 0 Å². The van der Waals surface area contributed by atoms with Gasteiger partial charge in [0.25, 0.3) is 10.1 Å². The van der Waals surface area contributed by atoms with Crippen LogP contribution in [0.25, 0.3) is 0 Å². The molecule has 46 heavy (non-hydrogen) atoms. The number of nitrogens with one attached hydrogen (secondary N) is 1. The number of Topliss-reactive ketones (excluding diaryl/α,β-unsaturated/α-hetero) is 1. The summed E-state index contributed by atoms with van der Waals surface area (Å²) in [7, 11) is 3.39. The number of ketones is 1. The smallest absolute Gasteiger partial charge is 0.359 e. The summed E-state index contributed by atoms with van der Waals surface area (Å²) >= 11 is 0. The van der Waals surface area contributed by atoms with E-state index >= 15 is 0 Å². The van der Waals surface area contributed by atoms with Gasteiger partial charge in [-0.25, -0.2) is 9.59 Å². The number of carbonyl (C=O) groups is 4. The number of likely N-dealkylation sites (N-methyl/N-ethyl adjacent to an activating group) is 2. The Labute approximate surface area is 278 Å². The molecule has 0 saturated carbocycles. The third-order valence-corrected chi connectivity index (χ3v) is 9.75. The average molecular weight is 680 g/mol. The van der Waals surface area contributed by atoms with Crippen LogP contribution >= 0.6 is 0 Å². The van der Waals surface area contributed by atoms with Crippen molar-refractivity contribution < 1.29 is 51.3 Å². The Morgan fingerprint density at radius 1 is 0.587 bits per heavy atom. The number of nitrogens with zero attached hydrogens (tertiary/aromatic N) is 2. The molecular formula is C33H65N3O9S+2. The molecule has 0 bridgehead atoms. The molecule has 270 valence electrons. The molecule has 0 radical (unpaired) electrons. The number of carboxylic acids is 2. The van der Waals surface area contributed by atoms with E-state index in [0.717, 1.165) is 83.6 Å². The summed E-state index contributed by atoms with van der Waals surface area (Å²) in [4.78, 5) is 45.9. The van der Waals surface area contributed by atoms with Crippen LogP contribution in [0, 0.1) is 0 Å². The molecule has 1 amide bonds. The Hall–Kier alpha value is -2.09. The van der Waals surface area contributed by atoms with Gasteiger partial charge in [-0.05, 0) is 38.5 Å². The van der Waals surface area contributed by atoms with Gasteiger partial charge in [0, 0.05) is 32.2 Å². The van der Waals surface area contributed by atoms with Gasteiger partial charge in [0.1, 0.15) is 5.78 Å². The average Bonchev–Trinajstić information content (AvgIpc) is 2.91. The van der Waals surface area contributed by atoms with Crippen LogP contribution in [0.5, 0.6) is 0 Å². The number of carbonyl (C=O) groups excluding carboxylic acids is 2. The van der Waals surface area contributed by atoms with Crippen molar-refractivity contribution in [2.75, 3.05) is 60.9 Å². The fraction of sp³-hybridized carbons (Fsp3) is 0.879. The highest BCUT2D eigenvalue weighted by Crippen LogP contribution is 2.19. The summed E-state index contributed by atoms with van der Waals surface area (Å²) in [6, 6.07) is 0. The second-order valence-corrected chi connectivity index (χ2v) is 15.9. The van der Waals surface area contributed by atoms with Gasteiger partial charge in [0.05, 0.1) is 46.5 Å². The maximum atomic E-state index is 12.1. The third kappa shape index (κ3) is 27.1. The molecule has 0 aromatic heterocycles. The van der Waals surface area contributed by atoms with Crippen molar-refractivity contribution in [1.29, 1.82) is 0 Å². The summed E-state index contributed by atoms with van der Waals surface area (Å²) in [5.74, 6) is -1.41. The van der Waals surface area contributed by atoms with Crippen molar-refractivity contribution in [2.24, 2.45) is 0 Å². The topological polar surface area (TPSA) is 175 Å². The first kappa shape index (κ1) is 43.9. The van der Waals surface area contributed by atoms with Gasteiger partial charge in [-0.15, -0.1) is 0 Å². The minimum atomic E-state index is -4.08. The molecule has 4 N–H and O–H groups in total. The van der Waals surface area contributed by atoms with Crippen molar-refractivity contribution in [2.45, 2.75) is 127 Å². The molecule has 0 aromatic carbocycles. The standard InChI is InChI=1S/C33H63N3O9S/c1-35(2,27-32(39)40)25-17-16-20-29(37)19-12-8-5-6-9-13-21-30(46(43,44)45)22-14-10-7-11-15-23-31(38)34-24-18-26-36(3,4)28-33(41)42/h30H,5-28H2,1-4H3,(H2-2,34,38,39,40,41,42,43,44,45)/p+2. The lowest BCUT2D eigenvalue weighted by Crippen LogP contribution is -2.45. The Balaban J connectivity index is 3.87. The largest absolute Gasteiger partial charge is 0.477 e. The number of amides is 1.